The van der Waals surface area contributed by atoms with E-state index in [9.17, 15) is 0 Å². The van der Waals surface area contributed by atoms with Gasteiger partial charge in [-0.1, -0.05) is 121 Å². The fourth-order valence-electron chi connectivity index (χ4n) is 6.72. The molecule has 1 aliphatic rings. The molecule has 9 rings (SSSR count). The van der Waals surface area contributed by atoms with Crippen LogP contribution in [0.4, 0.5) is 0 Å². The van der Waals surface area contributed by atoms with Crippen LogP contribution in [0, 0.1) is 0 Å². The van der Waals surface area contributed by atoms with Gasteiger partial charge in [-0.05, 0) is 99.1 Å². The Morgan fingerprint density at radius 3 is 1.89 bits per heavy atom. The Morgan fingerprint density at radius 2 is 1.09 bits per heavy atom. The predicted octanol–water partition coefficient (Wildman–Crippen LogP) is 11.8. The van der Waals surface area contributed by atoms with Crippen molar-refractivity contribution in [3.05, 3.63) is 169 Å². The minimum atomic E-state index is 0.971. The Kier molecular flexibility index (Phi) is 6.43. The molecule has 0 amide bonds. The molecule has 216 valence electrons. The van der Waals surface area contributed by atoms with Gasteiger partial charge in [0.25, 0.3) is 0 Å². The topological polar surface area (TPSA) is 17.8 Å². The maximum Gasteiger partial charge on any atom is 0.145 e. The van der Waals surface area contributed by atoms with Crippen LogP contribution in [0.2, 0.25) is 0 Å². The van der Waals surface area contributed by atoms with Crippen molar-refractivity contribution in [3.63, 3.8) is 0 Å². The molecule has 0 fully saturated rings. The number of pyridine rings is 1. The van der Waals surface area contributed by atoms with Gasteiger partial charge in [-0.25, -0.2) is 4.98 Å². The number of para-hydroxylation sites is 1. The molecule has 0 atom stereocenters. The van der Waals surface area contributed by atoms with E-state index in [4.69, 9.17) is 4.98 Å². The third kappa shape index (κ3) is 4.48. The van der Waals surface area contributed by atoms with Gasteiger partial charge in [0.2, 0.25) is 0 Å². The predicted molar refractivity (Wildman–Crippen MR) is 194 cm³/mol. The summed E-state index contributed by atoms with van der Waals surface area (Å²) in [5.74, 6) is 0. The molecule has 3 heterocycles. The van der Waals surface area contributed by atoms with Gasteiger partial charge in [0.15, 0.2) is 0 Å². The summed E-state index contributed by atoms with van der Waals surface area (Å²) in [7, 11) is 0. The molecule has 2 nitrogen and oxygen atoms in total. The molecule has 0 radical (unpaired) electrons. The maximum absolute atomic E-state index is 4.81. The summed E-state index contributed by atoms with van der Waals surface area (Å²) >= 11 is 1.84. The quantitative estimate of drug-likeness (QED) is 0.195. The molecule has 0 bridgehead atoms. The molecule has 46 heavy (non-hydrogen) atoms. The van der Waals surface area contributed by atoms with Gasteiger partial charge in [-0.3, -0.25) is 4.57 Å². The molecule has 0 aliphatic carbocycles. The SMILES string of the molecule is C1=C\c2ccc(-c3ccc4c(c3)c3cccnc3n4-c3ccccc3)cc2-c2ccccc2Sc2ccccc2-c2ccccc2/1. The standard InChI is InChI=1S/C43H28N2S/c1-2-12-33(13-3-1)45-40-25-24-32(28-39(40)37-17-10-26-44-43(37)45)31-23-22-30-21-20-29-11-4-5-14-34(29)35-15-6-8-18-41(35)46-42-19-9-7-16-36(42)38(30)27-31/h1-28H/b21-20-. The molecule has 1 aliphatic heterocycles. The number of benzene rings is 6. The molecular weight excluding hydrogens is 577 g/mol. The first-order valence-electron chi connectivity index (χ1n) is 15.5. The van der Waals surface area contributed by atoms with Crippen molar-refractivity contribution < 1.29 is 0 Å². The Hall–Kier alpha value is -5.64. The molecule has 0 saturated carbocycles. The number of nitrogens with zero attached hydrogens (tertiary/aromatic N) is 2. The molecule has 0 unspecified atom stereocenters. The molecule has 3 heteroatoms. The van der Waals surface area contributed by atoms with Gasteiger partial charge in [0.05, 0.1) is 5.52 Å². The largest absolute Gasteiger partial charge is 0.294 e. The van der Waals surface area contributed by atoms with E-state index in [1.165, 1.54) is 59.7 Å². The van der Waals surface area contributed by atoms with Crippen molar-refractivity contribution in [2.24, 2.45) is 0 Å². The van der Waals surface area contributed by atoms with Gasteiger partial charge in [0.1, 0.15) is 5.65 Å². The van der Waals surface area contributed by atoms with E-state index in [2.05, 4.69) is 162 Å². The Labute approximate surface area is 272 Å². The number of hydrogen-bond acceptors (Lipinski definition) is 2. The summed E-state index contributed by atoms with van der Waals surface area (Å²) in [6, 6.07) is 54.7. The van der Waals surface area contributed by atoms with E-state index in [0.717, 1.165) is 22.2 Å². The molecule has 2 aromatic heterocycles. The third-order valence-electron chi connectivity index (χ3n) is 8.90. The zero-order chi connectivity index (χ0) is 30.5. The normalized spacial score (nSPS) is 12.9. The lowest BCUT2D eigenvalue weighted by Gasteiger charge is -2.15. The monoisotopic (exact) mass is 604 g/mol. The van der Waals surface area contributed by atoms with Crippen molar-refractivity contribution in [1.82, 2.24) is 9.55 Å². The second-order valence-corrected chi connectivity index (χ2v) is 12.7. The summed E-state index contributed by atoms with van der Waals surface area (Å²) in [6.07, 6.45) is 6.42. The lowest BCUT2D eigenvalue weighted by Crippen LogP contribution is -1.94. The zero-order valence-electron chi connectivity index (χ0n) is 25.0. The van der Waals surface area contributed by atoms with Crippen LogP contribution in [0.3, 0.4) is 0 Å². The first-order valence-corrected chi connectivity index (χ1v) is 16.4. The summed E-state index contributed by atoms with van der Waals surface area (Å²) < 4.78 is 2.26. The van der Waals surface area contributed by atoms with E-state index in [1.807, 2.05) is 24.0 Å². The van der Waals surface area contributed by atoms with Crippen LogP contribution in [0.5, 0.6) is 0 Å². The zero-order valence-corrected chi connectivity index (χ0v) is 25.8. The Bertz CT molecular complexity index is 2450. The van der Waals surface area contributed by atoms with Crippen LogP contribution in [0.15, 0.2) is 168 Å². The van der Waals surface area contributed by atoms with Gasteiger partial charge in [0, 0.05) is 32.4 Å². The molecule has 8 aromatic rings. The summed E-state index contributed by atoms with van der Waals surface area (Å²) in [4.78, 5) is 7.31. The summed E-state index contributed by atoms with van der Waals surface area (Å²) in [5, 5.41) is 2.35. The highest BCUT2D eigenvalue weighted by molar-refractivity contribution is 7.99. The van der Waals surface area contributed by atoms with Crippen LogP contribution < -0.4 is 0 Å². The van der Waals surface area contributed by atoms with E-state index in [1.54, 1.807) is 0 Å². The average Bonchev–Trinajstić information content (AvgIpc) is 3.44. The number of fused-ring (bicyclic) bond motifs is 9. The van der Waals surface area contributed by atoms with Gasteiger partial charge < -0.3 is 0 Å². The van der Waals surface area contributed by atoms with Gasteiger partial charge in [-0.15, -0.1) is 0 Å². The van der Waals surface area contributed by atoms with E-state index in [0.29, 0.717) is 0 Å². The minimum absolute atomic E-state index is 0.971. The first-order chi connectivity index (χ1) is 22.8. The van der Waals surface area contributed by atoms with Crippen LogP contribution in [-0.2, 0) is 0 Å². The first kappa shape index (κ1) is 26.7. The van der Waals surface area contributed by atoms with E-state index in [-0.39, 0.29) is 0 Å². The third-order valence-corrected chi connectivity index (χ3v) is 10.1. The average molecular weight is 605 g/mol. The smallest absolute Gasteiger partial charge is 0.145 e. The highest BCUT2D eigenvalue weighted by atomic mass is 32.2. The molecule has 0 N–H and O–H groups in total. The molecule has 0 spiro atoms. The lowest BCUT2D eigenvalue weighted by molar-refractivity contribution is 1.14. The second-order valence-electron chi connectivity index (χ2n) is 11.6. The van der Waals surface area contributed by atoms with Crippen molar-refractivity contribution >= 4 is 45.9 Å². The lowest BCUT2D eigenvalue weighted by atomic mass is 9.93. The van der Waals surface area contributed by atoms with Crippen molar-refractivity contribution in [2.75, 3.05) is 0 Å². The summed E-state index contributed by atoms with van der Waals surface area (Å²) in [6.45, 7) is 0. The highest BCUT2D eigenvalue weighted by Gasteiger charge is 2.17. The fourth-order valence-corrected chi connectivity index (χ4v) is 7.83. The molecular formula is C43H28N2S. The van der Waals surface area contributed by atoms with Crippen LogP contribution in [-0.4, -0.2) is 9.55 Å². The van der Waals surface area contributed by atoms with Crippen molar-refractivity contribution in [2.45, 2.75) is 9.79 Å². The Balaban J connectivity index is 1.24. The maximum atomic E-state index is 4.81. The second kappa shape index (κ2) is 11.1. The molecule has 0 saturated heterocycles. The Morgan fingerprint density at radius 1 is 0.457 bits per heavy atom. The van der Waals surface area contributed by atoms with Crippen LogP contribution >= 0.6 is 11.8 Å². The van der Waals surface area contributed by atoms with Gasteiger partial charge >= 0.3 is 0 Å². The van der Waals surface area contributed by atoms with Crippen molar-refractivity contribution in [1.29, 1.82) is 0 Å². The van der Waals surface area contributed by atoms with Gasteiger partial charge in [-0.2, -0.15) is 0 Å². The van der Waals surface area contributed by atoms with Crippen LogP contribution in [0.25, 0.3) is 73.2 Å². The number of hydrogen-bond donors (Lipinski definition) is 0. The van der Waals surface area contributed by atoms with Crippen molar-refractivity contribution in [3.8, 4) is 39.1 Å². The number of aromatic nitrogens is 2. The molecule has 6 aromatic carbocycles. The number of rotatable bonds is 2. The van der Waals surface area contributed by atoms with E-state index >= 15 is 0 Å². The highest BCUT2D eigenvalue weighted by Crippen LogP contribution is 2.44. The van der Waals surface area contributed by atoms with Crippen LogP contribution in [0.1, 0.15) is 11.1 Å². The minimum Gasteiger partial charge on any atom is -0.294 e. The summed E-state index contributed by atoms with van der Waals surface area (Å²) in [5.41, 5.74) is 13.0. The van der Waals surface area contributed by atoms with E-state index < -0.39 is 0 Å². The fraction of sp³-hybridized carbons (Fsp3) is 0.